The summed E-state index contributed by atoms with van der Waals surface area (Å²) in [4.78, 5) is 15.9. The Bertz CT molecular complexity index is 769. The fourth-order valence-corrected chi connectivity index (χ4v) is 2.23. The lowest BCUT2D eigenvalue weighted by molar-refractivity contribution is 0.997. The van der Waals surface area contributed by atoms with Gasteiger partial charge in [0.25, 0.3) is 0 Å². The number of nitrogens with zero attached hydrogens (tertiary/aromatic N) is 3. The van der Waals surface area contributed by atoms with Gasteiger partial charge >= 0.3 is 0 Å². The number of aromatic amines is 1. The van der Waals surface area contributed by atoms with E-state index in [4.69, 9.17) is 23.2 Å². The molecule has 0 fully saturated rings. The fourth-order valence-electron chi connectivity index (χ4n) is 1.88. The fraction of sp³-hybridized carbons (Fsp3) is 0.154. The number of aryl methyl sites for hydroxylation is 1. The molecule has 0 aliphatic rings. The van der Waals surface area contributed by atoms with Crippen molar-refractivity contribution in [3.05, 3.63) is 40.4 Å². The number of imidazole rings is 1. The number of anilines is 2. The molecule has 0 unspecified atom stereocenters. The summed E-state index contributed by atoms with van der Waals surface area (Å²) in [5.74, 6) is 1.42. The van der Waals surface area contributed by atoms with Gasteiger partial charge in [0.1, 0.15) is 11.3 Å². The molecule has 1 aromatic carbocycles. The average Bonchev–Trinajstić information content (AvgIpc) is 2.82. The van der Waals surface area contributed by atoms with Gasteiger partial charge in [0, 0.05) is 17.1 Å². The van der Waals surface area contributed by atoms with E-state index in [0.29, 0.717) is 16.5 Å². The van der Waals surface area contributed by atoms with Crippen molar-refractivity contribution in [2.75, 3.05) is 5.32 Å². The molecule has 0 saturated carbocycles. The Morgan fingerprint density at radius 1 is 1.20 bits per heavy atom. The van der Waals surface area contributed by atoms with Crippen LogP contribution in [0.1, 0.15) is 12.7 Å². The molecule has 3 rings (SSSR count). The SMILES string of the molecule is CCc1nc2nc(Cl)nc(Nc3cccc(Cl)c3)c2[nH]1. The lowest BCUT2D eigenvalue weighted by Gasteiger charge is -2.06. The van der Waals surface area contributed by atoms with Crippen LogP contribution in [0, 0.1) is 0 Å². The van der Waals surface area contributed by atoms with Crippen molar-refractivity contribution < 1.29 is 0 Å². The van der Waals surface area contributed by atoms with Crippen LogP contribution < -0.4 is 5.32 Å². The Kier molecular flexibility index (Phi) is 3.46. The molecule has 7 heteroatoms. The molecule has 0 saturated heterocycles. The second-order valence-electron chi connectivity index (χ2n) is 4.21. The summed E-state index contributed by atoms with van der Waals surface area (Å²) in [5.41, 5.74) is 2.10. The van der Waals surface area contributed by atoms with Crippen molar-refractivity contribution in [2.45, 2.75) is 13.3 Å². The van der Waals surface area contributed by atoms with Gasteiger partial charge in [-0.3, -0.25) is 0 Å². The number of fused-ring (bicyclic) bond motifs is 1. The zero-order valence-electron chi connectivity index (χ0n) is 10.6. The Balaban J connectivity index is 2.08. The first-order valence-corrected chi connectivity index (χ1v) is 6.86. The van der Waals surface area contributed by atoms with E-state index in [1.807, 2.05) is 19.1 Å². The van der Waals surface area contributed by atoms with Crippen LogP contribution in [-0.4, -0.2) is 19.9 Å². The van der Waals surface area contributed by atoms with Crippen LogP contribution in [0.15, 0.2) is 24.3 Å². The van der Waals surface area contributed by atoms with Gasteiger partial charge < -0.3 is 10.3 Å². The number of benzene rings is 1. The Morgan fingerprint density at radius 2 is 2.05 bits per heavy atom. The molecule has 0 aliphatic carbocycles. The van der Waals surface area contributed by atoms with E-state index in [1.54, 1.807) is 12.1 Å². The molecule has 2 N–H and O–H groups in total. The minimum atomic E-state index is 0.149. The Morgan fingerprint density at radius 3 is 2.80 bits per heavy atom. The molecule has 5 nitrogen and oxygen atoms in total. The van der Waals surface area contributed by atoms with Gasteiger partial charge in [0.15, 0.2) is 11.5 Å². The zero-order valence-corrected chi connectivity index (χ0v) is 12.1. The smallest absolute Gasteiger partial charge is 0.226 e. The number of H-pyrrole nitrogens is 1. The number of hydrogen-bond acceptors (Lipinski definition) is 4. The molecule has 0 spiro atoms. The first-order chi connectivity index (χ1) is 9.65. The number of rotatable bonds is 3. The maximum absolute atomic E-state index is 5.97. The molecule has 0 amide bonds. The summed E-state index contributed by atoms with van der Waals surface area (Å²) >= 11 is 11.9. The van der Waals surface area contributed by atoms with Crippen molar-refractivity contribution in [2.24, 2.45) is 0 Å². The first-order valence-electron chi connectivity index (χ1n) is 6.10. The lowest BCUT2D eigenvalue weighted by Crippen LogP contribution is -1.97. The highest BCUT2D eigenvalue weighted by Crippen LogP contribution is 2.25. The predicted molar refractivity (Wildman–Crippen MR) is 80.8 cm³/mol. The van der Waals surface area contributed by atoms with Crippen LogP contribution in [0.25, 0.3) is 11.2 Å². The third-order valence-electron chi connectivity index (χ3n) is 2.80. The summed E-state index contributed by atoms with van der Waals surface area (Å²) in [6.45, 7) is 2.01. The molecule has 0 bridgehead atoms. The maximum atomic E-state index is 5.97. The van der Waals surface area contributed by atoms with Crippen LogP contribution >= 0.6 is 23.2 Å². The van der Waals surface area contributed by atoms with E-state index in [-0.39, 0.29) is 5.28 Å². The Labute approximate surface area is 125 Å². The van der Waals surface area contributed by atoms with Gasteiger partial charge in [-0.2, -0.15) is 9.97 Å². The van der Waals surface area contributed by atoms with E-state index in [0.717, 1.165) is 23.4 Å². The van der Waals surface area contributed by atoms with Gasteiger partial charge in [-0.15, -0.1) is 0 Å². The van der Waals surface area contributed by atoms with Crippen molar-refractivity contribution in [3.8, 4) is 0 Å². The molecule has 0 atom stereocenters. The zero-order chi connectivity index (χ0) is 14.1. The third kappa shape index (κ3) is 2.55. The van der Waals surface area contributed by atoms with E-state index in [2.05, 4.69) is 25.3 Å². The normalized spacial score (nSPS) is 10.9. The molecule has 2 aromatic heterocycles. The van der Waals surface area contributed by atoms with Gasteiger partial charge in [-0.1, -0.05) is 24.6 Å². The predicted octanol–water partition coefficient (Wildman–Crippen LogP) is 3.97. The second-order valence-corrected chi connectivity index (χ2v) is 4.99. The number of nitrogens with one attached hydrogen (secondary N) is 2. The van der Waals surface area contributed by atoms with Crippen LogP contribution in [0.2, 0.25) is 10.3 Å². The molecule has 3 aromatic rings. The minimum absolute atomic E-state index is 0.149. The number of hydrogen-bond donors (Lipinski definition) is 2. The summed E-state index contributed by atoms with van der Waals surface area (Å²) in [7, 11) is 0. The molecule has 0 aliphatic heterocycles. The van der Waals surface area contributed by atoms with E-state index < -0.39 is 0 Å². The van der Waals surface area contributed by atoms with Crippen molar-refractivity contribution in [1.29, 1.82) is 0 Å². The van der Waals surface area contributed by atoms with E-state index in [9.17, 15) is 0 Å². The second kappa shape index (κ2) is 5.26. The largest absolute Gasteiger partial charge is 0.338 e. The topological polar surface area (TPSA) is 66.5 Å². The summed E-state index contributed by atoms with van der Waals surface area (Å²) in [5, 5.41) is 3.97. The molecular formula is C13H11Cl2N5. The van der Waals surface area contributed by atoms with Crippen molar-refractivity contribution >= 4 is 45.9 Å². The molecule has 102 valence electrons. The molecule has 20 heavy (non-hydrogen) atoms. The summed E-state index contributed by atoms with van der Waals surface area (Å²) in [6.07, 6.45) is 0.782. The third-order valence-corrected chi connectivity index (χ3v) is 3.20. The summed E-state index contributed by atoms with van der Waals surface area (Å²) < 4.78 is 0. The van der Waals surface area contributed by atoms with Crippen molar-refractivity contribution in [1.82, 2.24) is 19.9 Å². The quantitative estimate of drug-likeness (QED) is 0.719. The van der Waals surface area contributed by atoms with Crippen LogP contribution in [0.5, 0.6) is 0 Å². The highest BCUT2D eigenvalue weighted by atomic mass is 35.5. The maximum Gasteiger partial charge on any atom is 0.226 e. The van der Waals surface area contributed by atoms with Gasteiger partial charge in [-0.05, 0) is 29.8 Å². The van der Waals surface area contributed by atoms with E-state index >= 15 is 0 Å². The highest BCUT2D eigenvalue weighted by molar-refractivity contribution is 6.30. The summed E-state index contributed by atoms with van der Waals surface area (Å²) in [6, 6.07) is 7.36. The lowest BCUT2D eigenvalue weighted by atomic mass is 10.3. The molecular weight excluding hydrogens is 297 g/mol. The average molecular weight is 308 g/mol. The standard InChI is InChI=1S/C13H11Cl2N5/c1-2-9-17-10-11(19-13(15)20-12(10)18-9)16-8-5-3-4-7(14)6-8/h3-6H,2H2,1H3,(H2,16,17,18,19,20). The first kappa shape index (κ1) is 13.1. The van der Waals surface area contributed by atoms with Gasteiger partial charge in [0.2, 0.25) is 5.28 Å². The minimum Gasteiger partial charge on any atom is -0.338 e. The van der Waals surface area contributed by atoms with E-state index in [1.165, 1.54) is 0 Å². The van der Waals surface area contributed by atoms with Crippen molar-refractivity contribution in [3.63, 3.8) is 0 Å². The van der Waals surface area contributed by atoms with Gasteiger partial charge in [-0.25, -0.2) is 4.98 Å². The highest BCUT2D eigenvalue weighted by Gasteiger charge is 2.11. The molecule has 2 heterocycles. The molecule has 0 radical (unpaired) electrons. The Hall–Kier alpha value is -1.85. The van der Waals surface area contributed by atoms with Gasteiger partial charge in [0.05, 0.1) is 0 Å². The van der Waals surface area contributed by atoms with Crippen LogP contribution in [0.3, 0.4) is 0 Å². The van der Waals surface area contributed by atoms with Crippen LogP contribution in [0.4, 0.5) is 11.5 Å². The number of aromatic nitrogens is 4. The number of halogens is 2. The monoisotopic (exact) mass is 307 g/mol. The van der Waals surface area contributed by atoms with Crippen LogP contribution in [-0.2, 0) is 6.42 Å².